The first-order valence-corrected chi connectivity index (χ1v) is 5.64. The molecule has 0 saturated carbocycles. The maximum absolute atomic E-state index is 10.6. The number of allylic oxidation sites excluding steroid dienone is 1. The molecule has 4 nitrogen and oxygen atoms in total. The fourth-order valence-corrected chi connectivity index (χ4v) is 1.68. The number of nitrogens with zero attached hydrogens (tertiary/aromatic N) is 1. The van der Waals surface area contributed by atoms with Gasteiger partial charge in [-0.15, -0.1) is 0 Å². The van der Waals surface area contributed by atoms with Gasteiger partial charge in [-0.3, -0.25) is 10.2 Å². The molecular formula is C13H15N3O. The van der Waals surface area contributed by atoms with Crippen molar-refractivity contribution < 1.29 is 4.79 Å². The third-order valence-electron chi connectivity index (χ3n) is 2.59. The zero-order chi connectivity index (χ0) is 12.1. The van der Waals surface area contributed by atoms with E-state index in [2.05, 4.69) is 10.5 Å². The number of amides is 1. The van der Waals surface area contributed by atoms with E-state index in [0.717, 1.165) is 29.8 Å². The lowest BCUT2D eigenvalue weighted by Gasteiger charge is -2.02. The highest BCUT2D eigenvalue weighted by Crippen LogP contribution is 2.19. The number of rotatable bonds is 4. The lowest BCUT2D eigenvalue weighted by atomic mass is 10.1. The van der Waals surface area contributed by atoms with Crippen LogP contribution in [-0.4, -0.2) is 11.6 Å². The summed E-state index contributed by atoms with van der Waals surface area (Å²) >= 11 is 0. The van der Waals surface area contributed by atoms with Crippen LogP contribution in [0.4, 0.5) is 5.69 Å². The fraction of sp³-hybridized carbons (Fsp3) is 0.231. The van der Waals surface area contributed by atoms with Gasteiger partial charge in [0.25, 0.3) is 0 Å². The van der Waals surface area contributed by atoms with E-state index in [1.807, 2.05) is 36.4 Å². The van der Waals surface area contributed by atoms with Gasteiger partial charge in [-0.1, -0.05) is 24.3 Å². The van der Waals surface area contributed by atoms with Crippen LogP contribution in [0, 0.1) is 0 Å². The van der Waals surface area contributed by atoms with Crippen molar-refractivity contribution in [1.29, 1.82) is 0 Å². The van der Waals surface area contributed by atoms with Gasteiger partial charge in [0, 0.05) is 6.42 Å². The third-order valence-corrected chi connectivity index (χ3v) is 2.59. The summed E-state index contributed by atoms with van der Waals surface area (Å²) in [5.41, 5.74) is 11.2. The molecule has 1 heterocycles. The van der Waals surface area contributed by atoms with E-state index in [0.29, 0.717) is 6.42 Å². The first-order chi connectivity index (χ1) is 8.25. The summed E-state index contributed by atoms with van der Waals surface area (Å²) < 4.78 is 0. The van der Waals surface area contributed by atoms with E-state index in [-0.39, 0.29) is 5.91 Å². The van der Waals surface area contributed by atoms with Gasteiger partial charge in [0.05, 0.1) is 11.4 Å². The van der Waals surface area contributed by atoms with Crippen LogP contribution in [0.15, 0.2) is 35.4 Å². The van der Waals surface area contributed by atoms with E-state index in [1.54, 1.807) is 0 Å². The van der Waals surface area contributed by atoms with Gasteiger partial charge in [0.15, 0.2) is 0 Å². The Kier molecular flexibility index (Phi) is 3.55. The lowest BCUT2D eigenvalue weighted by Crippen LogP contribution is -2.10. The molecule has 0 bridgehead atoms. The molecule has 0 radical (unpaired) electrons. The predicted molar refractivity (Wildman–Crippen MR) is 69.6 cm³/mol. The van der Waals surface area contributed by atoms with Crippen LogP contribution in [0.1, 0.15) is 24.8 Å². The monoisotopic (exact) mass is 229 g/mol. The molecule has 1 aromatic rings. The zero-order valence-electron chi connectivity index (χ0n) is 9.52. The van der Waals surface area contributed by atoms with Gasteiger partial charge in [0.2, 0.25) is 5.91 Å². The summed E-state index contributed by atoms with van der Waals surface area (Å²) in [4.78, 5) is 10.6. The predicted octanol–water partition coefficient (Wildman–Crippen LogP) is 2.14. The number of anilines is 1. The summed E-state index contributed by atoms with van der Waals surface area (Å²) in [5.74, 6) is -0.264. The van der Waals surface area contributed by atoms with Crippen molar-refractivity contribution in [3.63, 3.8) is 0 Å². The number of benzene rings is 1. The van der Waals surface area contributed by atoms with E-state index in [4.69, 9.17) is 5.73 Å². The maximum atomic E-state index is 10.6. The van der Waals surface area contributed by atoms with Crippen LogP contribution in [0.3, 0.4) is 0 Å². The highest BCUT2D eigenvalue weighted by molar-refractivity contribution is 6.00. The lowest BCUT2D eigenvalue weighted by molar-refractivity contribution is -0.118. The number of primary amides is 1. The number of nitrogens with one attached hydrogen (secondary N) is 1. The zero-order valence-corrected chi connectivity index (χ0v) is 9.52. The van der Waals surface area contributed by atoms with E-state index >= 15 is 0 Å². The molecule has 0 unspecified atom stereocenters. The highest BCUT2D eigenvalue weighted by Gasteiger charge is 2.04. The minimum atomic E-state index is -0.264. The van der Waals surface area contributed by atoms with E-state index < -0.39 is 0 Å². The molecular weight excluding hydrogens is 214 g/mol. The molecule has 1 aliphatic heterocycles. The average molecular weight is 229 g/mol. The second kappa shape index (κ2) is 5.30. The maximum Gasteiger partial charge on any atom is 0.217 e. The fourth-order valence-electron chi connectivity index (χ4n) is 1.68. The second-order valence-electron chi connectivity index (χ2n) is 3.96. The first kappa shape index (κ1) is 11.4. The quantitative estimate of drug-likeness (QED) is 0.830. The van der Waals surface area contributed by atoms with Crippen molar-refractivity contribution >= 4 is 23.4 Å². The summed E-state index contributed by atoms with van der Waals surface area (Å²) in [7, 11) is 0. The van der Waals surface area contributed by atoms with Gasteiger partial charge >= 0.3 is 0 Å². The van der Waals surface area contributed by atoms with Crippen molar-refractivity contribution in [3.8, 4) is 0 Å². The van der Waals surface area contributed by atoms with Crippen LogP contribution in [-0.2, 0) is 4.79 Å². The number of carbonyl (C=O) groups is 1. The van der Waals surface area contributed by atoms with Gasteiger partial charge < -0.3 is 5.73 Å². The van der Waals surface area contributed by atoms with Gasteiger partial charge in [0.1, 0.15) is 0 Å². The number of carbonyl (C=O) groups excluding carboxylic acids is 1. The van der Waals surface area contributed by atoms with E-state index in [1.165, 1.54) is 0 Å². The third kappa shape index (κ3) is 3.17. The van der Waals surface area contributed by atoms with Crippen molar-refractivity contribution in [3.05, 3.63) is 35.9 Å². The smallest absolute Gasteiger partial charge is 0.217 e. The molecule has 3 N–H and O–H groups in total. The Bertz CT molecular complexity index is 477. The van der Waals surface area contributed by atoms with Crippen LogP contribution in [0.25, 0.3) is 6.08 Å². The van der Waals surface area contributed by atoms with Crippen LogP contribution < -0.4 is 11.2 Å². The van der Waals surface area contributed by atoms with Crippen LogP contribution >= 0.6 is 0 Å². The molecule has 0 atom stereocenters. The molecule has 4 heteroatoms. The molecule has 0 saturated heterocycles. The Morgan fingerprint density at radius 3 is 2.94 bits per heavy atom. The molecule has 17 heavy (non-hydrogen) atoms. The van der Waals surface area contributed by atoms with E-state index in [9.17, 15) is 4.79 Å². The normalized spacial score (nSPS) is 13.3. The van der Waals surface area contributed by atoms with Crippen molar-refractivity contribution in [1.82, 2.24) is 0 Å². The number of nitrogens with two attached hydrogens (primary N) is 1. The Labute approximate surface area is 100 Å². The van der Waals surface area contributed by atoms with Crippen LogP contribution in [0.2, 0.25) is 0 Å². The molecule has 0 aliphatic carbocycles. The minimum absolute atomic E-state index is 0.264. The van der Waals surface area contributed by atoms with Crippen molar-refractivity contribution in [2.24, 2.45) is 10.8 Å². The summed E-state index contributed by atoms with van der Waals surface area (Å²) in [6.45, 7) is 0. The second-order valence-corrected chi connectivity index (χ2v) is 3.96. The molecule has 2 rings (SSSR count). The molecule has 1 aliphatic rings. The number of fused-ring (bicyclic) bond motifs is 1. The van der Waals surface area contributed by atoms with Crippen molar-refractivity contribution in [2.75, 3.05) is 5.43 Å². The largest absolute Gasteiger partial charge is 0.370 e. The molecule has 0 aromatic heterocycles. The molecule has 0 fully saturated rings. The van der Waals surface area contributed by atoms with Gasteiger partial charge in [-0.05, 0) is 30.5 Å². The molecule has 88 valence electrons. The average Bonchev–Trinajstić information content (AvgIpc) is 2.52. The number of hydrogen-bond donors (Lipinski definition) is 2. The Morgan fingerprint density at radius 2 is 2.12 bits per heavy atom. The Morgan fingerprint density at radius 1 is 1.29 bits per heavy atom. The summed E-state index contributed by atoms with van der Waals surface area (Å²) in [5, 5.41) is 4.29. The van der Waals surface area contributed by atoms with Gasteiger partial charge in [-0.25, -0.2) is 0 Å². The topological polar surface area (TPSA) is 67.5 Å². The number of para-hydroxylation sites is 1. The summed E-state index contributed by atoms with van der Waals surface area (Å²) in [6, 6.07) is 7.96. The Balaban J connectivity index is 2.00. The summed E-state index contributed by atoms with van der Waals surface area (Å²) in [6.07, 6.45) is 5.88. The molecule has 1 amide bonds. The van der Waals surface area contributed by atoms with Crippen molar-refractivity contribution in [2.45, 2.75) is 19.3 Å². The number of hydrazone groups is 1. The van der Waals surface area contributed by atoms with Crippen LogP contribution in [0.5, 0.6) is 0 Å². The first-order valence-electron chi connectivity index (χ1n) is 5.64. The minimum Gasteiger partial charge on any atom is -0.370 e. The molecule has 1 aromatic carbocycles. The standard InChI is InChI=1S/C13H15N3O/c14-13(17)7-3-5-11-9-8-10-4-1-2-6-12(10)16-15-11/h1-2,4,6,8-9,16H,3,5,7H2,(H2,14,17). The number of hydrogen-bond acceptors (Lipinski definition) is 3. The highest BCUT2D eigenvalue weighted by atomic mass is 16.1. The Hall–Kier alpha value is -2.10. The SMILES string of the molecule is NC(=O)CCCC1=NNc2ccccc2C=C1. The molecule has 0 spiro atoms. The van der Waals surface area contributed by atoms with Gasteiger partial charge in [-0.2, -0.15) is 5.10 Å².